The van der Waals surface area contributed by atoms with Gasteiger partial charge in [0.05, 0.1) is 13.2 Å². The van der Waals surface area contributed by atoms with Crippen molar-refractivity contribution in [2.24, 2.45) is 5.92 Å². The third kappa shape index (κ3) is 5.60. The summed E-state index contributed by atoms with van der Waals surface area (Å²) in [6.07, 6.45) is 7.57. The zero-order valence-corrected chi connectivity index (χ0v) is 16.9. The average molecular weight is 408 g/mol. The van der Waals surface area contributed by atoms with Gasteiger partial charge in [-0.15, -0.1) is 0 Å². The van der Waals surface area contributed by atoms with Crippen molar-refractivity contribution in [3.63, 3.8) is 0 Å². The number of benzene rings is 2. The summed E-state index contributed by atoms with van der Waals surface area (Å²) in [7, 11) is 1.52. The third-order valence-corrected chi connectivity index (χ3v) is 5.31. The molecule has 0 bridgehead atoms. The second-order valence-corrected chi connectivity index (χ2v) is 7.27. The van der Waals surface area contributed by atoms with Crippen LogP contribution in [-0.2, 0) is 4.79 Å². The van der Waals surface area contributed by atoms with Gasteiger partial charge in [0.1, 0.15) is 11.9 Å². The number of halogens is 1. The van der Waals surface area contributed by atoms with Crippen LogP contribution in [0.3, 0.4) is 0 Å². The van der Waals surface area contributed by atoms with Crippen molar-refractivity contribution in [1.82, 2.24) is 5.32 Å². The molecular weight excluding hydrogens is 383 g/mol. The first-order chi connectivity index (χ1) is 14.6. The smallest absolute Gasteiger partial charge is 0.244 e. The summed E-state index contributed by atoms with van der Waals surface area (Å²) in [5, 5.41) is 11.7. The lowest BCUT2D eigenvalue weighted by Crippen LogP contribution is -2.31. The Morgan fingerprint density at radius 3 is 2.63 bits per heavy atom. The predicted molar refractivity (Wildman–Crippen MR) is 112 cm³/mol. The lowest BCUT2D eigenvalue weighted by molar-refractivity contribution is -0.117. The quantitative estimate of drug-likeness (QED) is 0.637. The number of nitriles is 1. The Morgan fingerprint density at radius 2 is 1.97 bits per heavy atom. The van der Waals surface area contributed by atoms with Crippen LogP contribution in [0, 0.1) is 23.1 Å². The van der Waals surface area contributed by atoms with Crippen molar-refractivity contribution in [1.29, 1.82) is 5.26 Å². The Labute approximate surface area is 176 Å². The van der Waals surface area contributed by atoms with Gasteiger partial charge in [-0.1, -0.05) is 31.0 Å². The number of ether oxygens (including phenoxy) is 2. The molecular formula is C24H25FN2O3. The number of methoxy groups -OCH3 is 1. The van der Waals surface area contributed by atoms with E-state index in [9.17, 15) is 9.18 Å². The van der Waals surface area contributed by atoms with Crippen molar-refractivity contribution in [3.05, 3.63) is 65.5 Å². The molecule has 1 aliphatic carbocycles. The molecule has 1 aliphatic rings. The lowest BCUT2D eigenvalue weighted by atomic mass is 9.91. The number of hydrogen-bond acceptors (Lipinski definition) is 4. The summed E-state index contributed by atoms with van der Waals surface area (Å²) in [5.41, 5.74) is 1.69. The molecule has 3 rings (SSSR count). The third-order valence-electron chi connectivity index (χ3n) is 5.31. The van der Waals surface area contributed by atoms with E-state index in [1.54, 1.807) is 36.4 Å². The molecule has 1 fully saturated rings. The molecule has 30 heavy (non-hydrogen) atoms. The topological polar surface area (TPSA) is 71.3 Å². The molecule has 0 radical (unpaired) electrons. The minimum atomic E-state index is -0.286. The van der Waals surface area contributed by atoms with E-state index in [-0.39, 0.29) is 24.4 Å². The van der Waals surface area contributed by atoms with Crippen LogP contribution < -0.4 is 14.8 Å². The molecule has 1 saturated carbocycles. The van der Waals surface area contributed by atoms with Crippen LogP contribution >= 0.6 is 0 Å². The first-order valence-corrected chi connectivity index (χ1v) is 10.0. The maximum absolute atomic E-state index is 13.3. The van der Waals surface area contributed by atoms with Crippen molar-refractivity contribution in [2.45, 2.75) is 31.7 Å². The summed E-state index contributed by atoms with van der Waals surface area (Å²) >= 11 is 0. The second-order valence-electron chi connectivity index (χ2n) is 7.27. The van der Waals surface area contributed by atoms with Crippen LogP contribution in [0.25, 0.3) is 6.08 Å². The maximum atomic E-state index is 13.3. The number of carbonyl (C=O) groups excluding carboxylic acids is 1. The van der Waals surface area contributed by atoms with Crippen molar-refractivity contribution < 1.29 is 18.7 Å². The summed E-state index contributed by atoms with van der Waals surface area (Å²) in [5.74, 6) is 0.817. The minimum absolute atomic E-state index is 0.0696. The van der Waals surface area contributed by atoms with E-state index in [0.717, 1.165) is 36.8 Å². The van der Waals surface area contributed by atoms with Gasteiger partial charge in [-0.2, -0.15) is 5.26 Å². The van der Waals surface area contributed by atoms with Gasteiger partial charge < -0.3 is 14.8 Å². The van der Waals surface area contributed by atoms with E-state index in [0.29, 0.717) is 17.4 Å². The molecule has 2 aromatic carbocycles. The summed E-state index contributed by atoms with van der Waals surface area (Å²) in [6.45, 7) is -0.0696. The molecule has 0 saturated heterocycles. The first kappa shape index (κ1) is 21.4. The van der Waals surface area contributed by atoms with E-state index in [2.05, 4.69) is 5.32 Å². The number of rotatable bonds is 8. The van der Waals surface area contributed by atoms with E-state index in [4.69, 9.17) is 14.7 Å². The zero-order chi connectivity index (χ0) is 21.3. The zero-order valence-electron chi connectivity index (χ0n) is 16.9. The Kier molecular flexibility index (Phi) is 7.45. The Balaban J connectivity index is 1.71. The highest BCUT2D eigenvalue weighted by Crippen LogP contribution is 2.36. The predicted octanol–water partition coefficient (Wildman–Crippen LogP) is 4.80. The normalized spacial score (nSPS) is 15.0. The van der Waals surface area contributed by atoms with Gasteiger partial charge >= 0.3 is 0 Å². The van der Waals surface area contributed by atoms with Crippen molar-refractivity contribution >= 4 is 12.0 Å². The fraction of sp³-hybridized carbons (Fsp3) is 0.333. The van der Waals surface area contributed by atoms with Gasteiger partial charge in [0, 0.05) is 6.08 Å². The second kappa shape index (κ2) is 10.4. The molecule has 0 spiro atoms. The van der Waals surface area contributed by atoms with E-state index in [1.165, 1.54) is 25.3 Å². The van der Waals surface area contributed by atoms with Crippen molar-refractivity contribution in [2.75, 3.05) is 13.7 Å². The Morgan fingerprint density at radius 1 is 1.23 bits per heavy atom. The highest BCUT2D eigenvalue weighted by Gasteiger charge is 2.27. The molecule has 5 nitrogen and oxygen atoms in total. The van der Waals surface area contributed by atoms with Crippen LogP contribution in [-0.4, -0.2) is 19.6 Å². The Hall–Kier alpha value is -3.33. The largest absolute Gasteiger partial charge is 0.493 e. The fourth-order valence-electron chi connectivity index (χ4n) is 3.82. The van der Waals surface area contributed by atoms with Gasteiger partial charge in [0.15, 0.2) is 18.1 Å². The van der Waals surface area contributed by atoms with E-state index < -0.39 is 0 Å². The lowest BCUT2D eigenvalue weighted by Gasteiger charge is -2.24. The van der Waals surface area contributed by atoms with Gasteiger partial charge in [-0.25, -0.2) is 4.39 Å². The highest BCUT2D eigenvalue weighted by molar-refractivity contribution is 5.92. The van der Waals surface area contributed by atoms with Crippen LogP contribution in [0.5, 0.6) is 11.5 Å². The molecule has 0 unspecified atom stereocenters. The molecule has 0 heterocycles. The van der Waals surface area contributed by atoms with Crippen LogP contribution in [0.1, 0.15) is 42.9 Å². The van der Waals surface area contributed by atoms with Gasteiger partial charge in [0.2, 0.25) is 5.91 Å². The van der Waals surface area contributed by atoms with Gasteiger partial charge in [-0.3, -0.25) is 4.79 Å². The molecule has 156 valence electrons. The highest BCUT2D eigenvalue weighted by atomic mass is 19.1. The number of carbonyl (C=O) groups is 1. The minimum Gasteiger partial charge on any atom is -0.493 e. The molecule has 1 amide bonds. The van der Waals surface area contributed by atoms with Crippen molar-refractivity contribution in [3.8, 4) is 17.6 Å². The van der Waals surface area contributed by atoms with Gasteiger partial charge in [-0.05, 0) is 60.2 Å². The number of amides is 1. The summed E-state index contributed by atoms with van der Waals surface area (Å²) in [6, 6.07) is 13.4. The number of nitrogens with zero attached hydrogens (tertiary/aromatic N) is 1. The first-order valence-electron chi connectivity index (χ1n) is 10.0. The van der Waals surface area contributed by atoms with Crippen LogP contribution in [0.15, 0.2) is 48.5 Å². The monoisotopic (exact) mass is 408 g/mol. The van der Waals surface area contributed by atoms with Crippen LogP contribution in [0.4, 0.5) is 4.39 Å². The SMILES string of the molecule is COc1cc(/C=C/C(=O)N[C@@H](c2ccc(F)cc2)C2CCCC2)ccc1OCC#N. The number of nitrogens with one attached hydrogen (secondary N) is 1. The molecule has 6 heteroatoms. The molecule has 0 aliphatic heterocycles. The maximum Gasteiger partial charge on any atom is 0.244 e. The summed E-state index contributed by atoms with van der Waals surface area (Å²) in [4.78, 5) is 12.6. The molecule has 2 aromatic rings. The number of hydrogen-bond donors (Lipinski definition) is 1. The van der Waals surface area contributed by atoms with E-state index >= 15 is 0 Å². The average Bonchev–Trinajstić information content (AvgIpc) is 3.30. The molecule has 1 atom stereocenters. The Bertz CT molecular complexity index is 928. The molecule has 0 aromatic heterocycles. The standard InChI is InChI=1S/C24H25FN2O3/c1-29-22-16-17(6-12-21(22)30-15-14-26)7-13-23(28)27-24(18-4-2-3-5-18)19-8-10-20(25)11-9-19/h6-13,16,18,24H,2-5,15H2,1H3,(H,27,28)/b13-7+/t24-/m1/s1. The summed E-state index contributed by atoms with van der Waals surface area (Å²) < 4.78 is 23.9. The fourth-order valence-corrected chi connectivity index (χ4v) is 3.82. The van der Waals surface area contributed by atoms with E-state index in [1.807, 2.05) is 6.07 Å². The molecule has 1 N–H and O–H groups in total. The van der Waals surface area contributed by atoms with Gasteiger partial charge in [0.25, 0.3) is 0 Å². The van der Waals surface area contributed by atoms with Crippen LogP contribution in [0.2, 0.25) is 0 Å².